The maximum atomic E-state index is 13.4. The van der Waals surface area contributed by atoms with Crippen LogP contribution in [0.5, 0.6) is 0 Å². The van der Waals surface area contributed by atoms with E-state index < -0.39 is 0 Å². The van der Waals surface area contributed by atoms with Gasteiger partial charge in [-0.1, -0.05) is 26.8 Å². The highest BCUT2D eigenvalue weighted by atomic mass is 19.1. The van der Waals surface area contributed by atoms with Crippen molar-refractivity contribution < 1.29 is 9.18 Å². The molecule has 0 aliphatic carbocycles. The van der Waals surface area contributed by atoms with E-state index in [9.17, 15) is 9.18 Å². The molecule has 4 aromatic rings. The molecule has 0 saturated heterocycles. The third-order valence-corrected chi connectivity index (χ3v) is 5.09. The number of hydrogen-bond donors (Lipinski definition) is 2. The maximum absolute atomic E-state index is 13.4. The Labute approximate surface area is 179 Å². The lowest BCUT2D eigenvalue weighted by Gasteiger charge is -2.14. The Balaban J connectivity index is 1.55. The fourth-order valence-corrected chi connectivity index (χ4v) is 3.34. The number of nitrogens with zero attached hydrogens (tertiary/aromatic N) is 4. The van der Waals surface area contributed by atoms with Gasteiger partial charge in [-0.05, 0) is 42.5 Å². The summed E-state index contributed by atoms with van der Waals surface area (Å²) in [6, 6.07) is 13.4. The van der Waals surface area contributed by atoms with E-state index >= 15 is 0 Å². The molecule has 2 heterocycles. The van der Waals surface area contributed by atoms with Crippen LogP contribution in [-0.4, -0.2) is 25.6 Å². The molecule has 2 N–H and O–H groups in total. The van der Waals surface area contributed by atoms with Gasteiger partial charge >= 0.3 is 6.03 Å². The Bertz CT molecular complexity index is 1230. The maximum Gasteiger partial charge on any atom is 0.319 e. The van der Waals surface area contributed by atoms with E-state index in [1.165, 1.54) is 12.1 Å². The van der Waals surface area contributed by atoms with Crippen LogP contribution in [0.15, 0.2) is 54.7 Å². The molecule has 0 aliphatic rings. The number of rotatable bonds is 4. The monoisotopic (exact) mass is 420 g/mol. The lowest BCUT2D eigenvalue weighted by molar-refractivity contribution is 0.251. The molecule has 0 radical (unpaired) electrons. The number of urea groups is 1. The van der Waals surface area contributed by atoms with Gasteiger partial charge < -0.3 is 10.6 Å². The number of fused-ring (bicyclic) bond motifs is 1. The molecule has 0 spiro atoms. The van der Waals surface area contributed by atoms with Crippen molar-refractivity contribution in [1.29, 1.82) is 0 Å². The van der Waals surface area contributed by atoms with Gasteiger partial charge in [0.05, 0.1) is 41.0 Å². The second-order valence-corrected chi connectivity index (χ2v) is 8.47. The predicted octanol–water partition coefficient (Wildman–Crippen LogP) is 4.52. The van der Waals surface area contributed by atoms with Crippen molar-refractivity contribution in [3.8, 4) is 5.69 Å². The smallest absolute Gasteiger partial charge is 0.319 e. The van der Waals surface area contributed by atoms with Crippen LogP contribution in [0.25, 0.3) is 16.6 Å². The van der Waals surface area contributed by atoms with Crippen LogP contribution in [0.1, 0.15) is 32.2 Å². The Morgan fingerprint density at radius 3 is 2.58 bits per heavy atom. The Morgan fingerprint density at radius 1 is 1.13 bits per heavy atom. The van der Waals surface area contributed by atoms with E-state index in [2.05, 4.69) is 36.5 Å². The van der Waals surface area contributed by atoms with Gasteiger partial charge in [-0.25, -0.2) is 13.9 Å². The van der Waals surface area contributed by atoms with Crippen molar-refractivity contribution in [1.82, 2.24) is 24.9 Å². The lowest BCUT2D eigenvalue weighted by atomic mass is 9.92. The van der Waals surface area contributed by atoms with Gasteiger partial charge in [0.1, 0.15) is 5.82 Å². The Hall–Kier alpha value is -3.68. The molecule has 2 amide bonds. The van der Waals surface area contributed by atoms with Crippen LogP contribution in [0, 0.1) is 5.82 Å². The van der Waals surface area contributed by atoms with Crippen LogP contribution in [-0.2, 0) is 19.0 Å². The van der Waals surface area contributed by atoms with Crippen molar-refractivity contribution in [2.75, 3.05) is 5.32 Å². The molecule has 8 heteroatoms. The van der Waals surface area contributed by atoms with Gasteiger partial charge in [-0.3, -0.25) is 4.68 Å². The van der Waals surface area contributed by atoms with E-state index in [-0.39, 0.29) is 23.8 Å². The molecule has 0 aliphatic heterocycles. The van der Waals surface area contributed by atoms with Gasteiger partial charge in [0.2, 0.25) is 0 Å². The fraction of sp³-hybridized carbons (Fsp3) is 0.261. The van der Waals surface area contributed by atoms with Crippen molar-refractivity contribution in [2.24, 2.45) is 7.05 Å². The normalized spacial score (nSPS) is 11.6. The number of carbonyl (C=O) groups is 1. The summed E-state index contributed by atoms with van der Waals surface area (Å²) >= 11 is 0. The first-order valence-electron chi connectivity index (χ1n) is 10.0. The summed E-state index contributed by atoms with van der Waals surface area (Å²) in [5.74, 6) is -0.310. The highest BCUT2D eigenvalue weighted by Gasteiger charge is 2.21. The number of hydrogen-bond acceptors (Lipinski definition) is 3. The summed E-state index contributed by atoms with van der Waals surface area (Å²) in [5.41, 5.74) is 3.86. The molecular formula is C23H25FN6O. The highest BCUT2D eigenvalue weighted by Crippen LogP contribution is 2.24. The minimum Gasteiger partial charge on any atom is -0.332 e. The first-order valence-corrected chi connectivity index (χ1v) is 10.0. The summed E-state index contributed by atoms with van der Waals surface area (Å²) in [7, 11) is 1.86. The highest BCUT2D eigenvalue weighted by molar-refractivity contribution is 6.00. The van der Waals surface area contributed by atoms with E-state index in [0.717, 1.165) is 28.0 Å². The van der Waals surface area contributed by atoms with Crippen molar-refractivity contribution in [3.05, 3.63) is 71.9 Å². The van der Waals surface area contributed by atoms with Gasteiger partial charge in [0.15, 0.2) is 0 Å². The molecule has 7 nitrogen and oxygen atoms in total. The summed E-state index contributed by atoms with van der Waals surface area (Å²) in [6.07, 6.45) is 1.73. The SMILES string of the molecule is Cn1ncc2c(NC(=O)NCc3cc(C(C)(C)C)nn3-c3ccc(F)cc3)cccc21. The summed E-state index contributed by atoms with van der Waals surface area (Å²) in [4.78, 5) is 12.6. The number of carbonyl (C=O) groups excluding carboxylic acids is 1. The van der Waals surface area contributed by atoms with E-state index in [4.69, 9.17) is 5.10 Å². The largest absolute Gasteiger partial charge is 0.332 e. The van der Waals surface area contributed by atoms with Crippen LogP contribution < -0.4 is 10.6 Å². The number of halogens is 1. The van der Waals surface area contributed by atoms with Gasteiger partial charge in [-0.2, -0.15) is 10.2 Å². The van der Waals surface area contributed by atoms with Crippen molar-refractivity contribution in [2.45, 2.75) is 32.7 Å². The molecule has 160 valence electrons. The standard InChI is InChI=1S/C23H25FN6O/c1-23(2,3)21-12-17(30(28-21)16-10-8-15(24)9-11-16)13-25-22(31)27-19-6-5-7-20-18(19)14-26-29(20)4/h5-12,14H,13H2,1-4H3,(H2,25,27,31). The number of nitrogens with one attached hydrogen (secondary N) is 2. The first kappa shape index (κ1) is 20.6. The minimum absolute atomic E-state index is 0.168. The predicted molar refractivity (Wildman–Crippen MR) is 119 cm³/mol. The quantitative estimate of drug-likeness (QED) is 0.510. The van der Waals surface area contributed by atoms with E-state index in [1.807, 2.05) is 31.3 Å². The Kier molecular flexibility index (Phi) is 5.22. The van der Waals surface area contributed by atoms with Crippen LogP contribution in [0.4, 0.5) is 14.9 Å². The average molecular weight is 420 g/mol. The molecule has 0 fully saturated rings. The zero-order valence-corrected chi connectivity index (χ0v) is 18.0. The number of aryl methyl sites for hydroxylation is 1. The molecule has 0 unspecified atom stereocenters. The molecule has 2 aromatic heterocycles. The topological polar surface area (TPSA) is 76.8 Å². The van der Waals surface area contributed by atoms with Gasteiger partial charge in [0, 0.05) is 17.8 Å². The molecule has 31 heavy (non-hydrogen) atoms. The summed E-state index contributed by atoms with van der Waals surface area (Å²) < 4.78 is 16.9. The Morgan fingerprint density at radius 2 is 1.87 bits per heavy atom. The van der Waals surface area contributed by atoms with Crippen molar-refractivity contribution in [3.63, 3.8) is 0 Å². The second kappa shape index (κ2) is 7.86. The molecule has 0 bridgehead atoms. The zero-order chi connectivity index (χ0) is 22.2. The number of anilines is 1. The third-order valence-electron chi connectivity index (χ3n) is 5.09. The number of aromatic nitrogens is 4. The first-order chi connectivity index (χ1) is 14.7. The minimum atomic E-state index is -0.333. The fourth-order valence-electron chi connectivity index (χ4n) is 3.34. The molecular weight excluding hydrogens is 395 g/mol. The second-order valence-electron chi connectivity index (χ2n) is 8.47. The lowest BCUT2D eigenvalue weighted by Crippen LogP contribution is -2.29. The molecule has 0 atom stereocenters. The van der Waals surface area contributed by atoms with Crippen LogP contribution in [0.3, 0.4) is 0 Å². The van der Waals surface area contributed by atoms with Gasteiger partial charge in [-0.15, -0.1) is 0 Å². The molecule has 4 rings (SSSR count). The average Bonchev–Trinajstić information content (AvgIpc) is 3.32. The molecule has 2 aromatic carbocycles. The molecule has 0 saturated carbocycles. The number of amides is 2. The third kappa shape index (κ3) is 4.28. The van der Waals surface area contributed by atoms with Crippen LogP contribution in [0.2, 0.25) is 0 Å². The summed E-state index contributed by atoms with van der Waals surface area (Å²) in [5, 5.41) is 15.6. The van der Waals surface area contributed by atoms with Crippen LogP contribution >= 0.6 is 0 Å². The van der Waals surface area contributed by atoms with Crippen molar-refractivity contribution >= 4 is 22.6 Å². The zero-order valence-electron chi connectivity index (χ0n) is 18.0. The van der Waals surface area contributed by atoms with E-state index in [1.54, 1.807) is 27.7 Å². The van der Waals surface area contributed by atoms with Gasteiger partial charge in [0.25, 0.3) is 0 Å². The summed E-state index contributed by atoms with van der Waals surface area (Å²) in [6.45, 7) is 6.48. The van der Waals surface area contributed by atoms with E-state index in [0.29, 0.717) is 5.69 Å². The number of benzene rings is 2.